The molecule has 3 heteroatoms. The lowest BCUT2D eigenvalue weighted by Crippen LogP contribution is -1.86. The van der Waals surface area contributed by atoms with Crippen molar-refractivity contribution in [2.45, 2.75) is 0 Å². The minimum atomic E-state index is 0.926. The normalized spacial score (nSPS) is 11.3. The standard InChI is InChI=1S/C23H15BrN2/c24-20-10-3-1-8-17(20)15-6-5-7-16(14-15)21-13-12-19-18-9-2-4-11-22(18)26-23(19)25-21/h1-14H,(H,25,26). The van der Waals surface area contributed by atoms with Crippen LogP contribution in [0.25, 0.3) is 44.3 Å². The van der Waals surface area contributed by atoms with Crippen molar-refractivity contribution in [3.63, 3.8) is 0 Å². The Morgan fingerprint density at radius 1 is 0.692 bits per heavy atom. The molecule has 0 saturated heterocycles. The number of aromatic amines is 1. The molecule has 0 amide bonds. The van der Waals surface area contributed by atoms with Crippen LogP contribution in [0.3, 0.4) is 0 Å². The molecule has 5 aromatic rings. The molecule has 0 spiro atoms. The number of H-pyrrole nitrogens is 1. The number of halogens is 1. The number of rotatable bonds is 2. The number of para-hydroxylation sites is 1. The van der Waals surface area contributed by atoms with E-state index in [4.69, 9.17) is 4.98 Å². The van der Waals surface area contributed by atoms with Gasteiger partial charge in [-0.15, -0.1) is 0 Å². The first-order valence-electron chi connectivity index (χ1n) is 8.52. The van der Waals surface area contributed by atoms with E-state index in [1.54, 1.807) is 0 Å². The van der Waals surface area contributed by atoms with Gasteiger partial charge in [0.05, 0.1) is 5.69 Å². The third kappa shape index (κ3) is 2.52. The van der Waals surface area contributed by atoms with Crippen LogP contribution in [0.4, 0.5) is 0 Å². The van der Waals surface area contributed by atoms with Crippen LogP contribution in [-0.4, -0.2) is 9.97 Å². The first-order valence-corrected chi connectivity index (χ1v) is 9.32. The van der Waals surface area contributed by atoms with Gasteiger partial charge in [0.2, 0.25) is 0 Å². The average Bonchev–Trinajstić information content (AvgIpc) is 3.06. The van der Waals surface area contributed by atoms with E-state index in [9.17, 15) is 0 Å². The molecule has 1 N–H and O–H groups in total. The summed E-state index contributed by atoms with van der Waals surface area (Å²) in [5.74, 6) is 0. The molecule has 26 heavy (non-hydrogen) atoms. The smallest absolute Gasteiger partial charge is 0.139 e. The van der Waals surface area contributed by atoms with E-state index in [2.05, 4.69) is 93.7 Å². The summed E-state index contributed by atoms with van der Waals surface area (Å²) in [6.07, 6.45) is 0. The van der Waals surface area contributed by atoms with Gasteiger partial charge in [-0.2, -0.15) is 0 Å². The molecule has 0 aliphatic carbocycles. The summed E-state index contributed by atoms with van der Waals surface area (Å²) >= 11 is 3.65. The fourth-order valence-electron chi connectivity index (χ4n) is 3.43. The number of hydrogen-bond donors (Lipinski definition) is 1. The molecule has 0 bridgehead atoms. The molecule has 0 aliphatic heterocycles. The van der Waals surface area contributed by atoms with Gasteiger partial charge in [-0.3, -0.25) is 0 Å². The van der Waals surface area contributed by atoms with Gasteiger partial charge in [0.15, 0.2) is 0 Å². The number of pyridine rings is 1. The molecule has 2 heterocycles. The van der Waals surface area contributed by atoms with Gasteiger partial charge in [0, 0.05) is 26.3 Å². The predicted octanol–water partition coefficient (Wildman–Crippen LogP) is 6.81. The minimum Gasteiger partial charge on any atom is -0.339 e. The van der Waals surface area contributed by atoms with Crippen LogP contribution in [0.1, 0.15) is 0 Å². The summed E-state index contributed by atoms with van der Waals surface area (Å²) in [6.45, 7) is 0. The predicted molar refractivity (Wildman–Crippen MR) is 112 cm³/mol. The maximum atomic E-state index is 4.87. The maximum Gasteiger partial charge on any atom is 0.139 e. The number of aromatic nitrogens is 2. The van der Waals surface area contributed by atoms with Gasteiger partial charge in [-0.25, -0.2) is 4.98 Å². The zero-order chi connectivity index (χ0) is 17.5. The van der Waals surface area contributed by atoms with Crippen molar-refractivity contribution >= 4 is 37.9 Å². The van der Waals surface area contributed by atoms with E-state index >= 15 is 0 Å². The molecule has 5 rings (SSSR count). The molecule has 0 unspecified atom stereocenters. The van der Waals surface area contributed by atoms with Crippen molar-refractivity contribution in [1.29, 1.82) is 0 Å². The Hall–Kier alpha value is -2.91. The summed E-state index contributed by atoms with van der Waals surface area (Å²) in [4.78, 5) is 8.30. The summed E-state index contributed by atoms with van der Waals surface area (Å²) in [5.41, 5.74) is 6.48. The Balaban J connectivity index is 1.65. The van der Waals surface area contributed by atoms with Crippen molar-refractivity contribution in [1.82, 2.24) is 9.97 Å². The van der Waals surface area contributed by atoms with E-state index in [1.807, 2.05) is 12.1 Å². The van der Waals surface area contributed by atoms with Crippen LogP contribution < -0.4 is 0 Å². The van der Waals surface area contributed by atoms with Crippen LogP contribution in [-0.2, 0) is 0 Å². The highest BCUT2D eigenvalue weighted by atomic mass is 79.9. The zero-order valence-electron chi connectivity index (χ0n) is 13.9. The Kier molecular flexibility index (Phi) is 3.61. The highest BCUT2D eigenvalue weighted by Gasteiger charge is 2.09. The number of nitrogens with zero attached hydrogens (tertiary/aromatic N) is 1. The Bertz CT molecular complexity index is 1250. The highest BCUT2D eigenvalue weighted by molar-refractivity contribution is 9.10. The monoisotopic (exact) mass is 398 g/mol. The maximum absolute atomic E-state index is 4.87. The third-order valence-corrected chi connectivity index (χ3v) is 5.40. The zero-order valence-corrected chi connectivity index (χ0v) is 15.5. The van der Waals surface area contributed by atoms with Crippen molar-refractivity contribution < 1.29 is 0 Å². The fraction of sp³-hybridized carbons (Fsp3) is 0. The lowest BCUT2D eigenvalue weighted by atomic mass is 10.0. The molecule has 0 aliphatic rings. The lowest BCUT2D eigenvalue weighted by Gasteiger charge is -2.07. The molecule has 0 fully saturated rings. The molecule has 2 aromatic heterocycles. The van der Waals surface area contributed by atoms with Crippen LogP contribution >= 0.6 is 15.9 Å². The summed E-state index contributed by atoms with van der Waals surface area (Å²) < 4.78 is 1.09. The number of fused-ring (bicyclic) bond motifs is 3. The first kappa shape index (κ1) is 15.4. The highest BCUT2D eigenvalue weighted by Crippen LogP contribution is 2.32. The molecule has 0 atom stereocenters. The van der Waals surface area contributed by atoms with Crippen molar-refractivity contribution in [3.05, 3.63) is 89.4 Å². The van der Waals surface area contributed by atoms with Gasteiger partial charge in [-0.1, -0.05) is 70.5 Å². The van der Waals surface area contributed by atoms with E-state index in [1.165, 1.54) is 16.5 Å². The molecular formula is C23H15BrN2. The van der Waals surface area contributed by atoms with E-state index in [0.717, 1.165) is 32.3 Å². The fourth-order valence-corrected chi connectivity index (χ4v) is 3.94. The molecule has 2 nitrogen and oxygen atoms in total. The van der Waals surface area contributed by atoms with Crippen LogP contribution in [0, 0.1) is 0 Å². The summed E-state index contributed by atoms with van der Waals surface area (Å²) in [7, 11) is 0. The summed E-state index contributed by atoms with van der Waals surface area (Å²) in [6, 6.07) is 29.4. The minimum absolute atomic E-state index is 0.926. The van der Waals surface area contributed by atoms with Crippen molar-refractivity contribution in [2.24, 2.45) is 0 Å². The van der Waals surface area contributed by atoms with Crippen molar-refractivity contribution in [3.8, 4) is 22.4 Å². The Morgan fingerprint density at radius 3 is 2.42 bits per heavy atom. The van der Waals surface area contributed by atoms with Crippen molar-refractivity contribution in [2.75, 3.05) is 0 Å². The molecule has 3 aromatic carbocycles. The molecule has 124 valence electrons. The molecule has 0 radical (unpaired) electrons. The van der Waals surface area contributed by atoms with E-state index in [-0.39, 0.29) is 0 Å². The largest absolute Gasteiger partial charge is 0.339 e. The SMILES string of the molecule is Brc1ccccc1-c1cccc(-c2ccc3c(n2)[nH]c2ccccc23)c1. The van der Waals surface area contributed by atoms with Crippen LogP contribution in [0.5, 0.6) is 0 Å². The van der Waals surface area contributed by atoms with Gasteiger partial charge < -0.3 is 4.98 Å². The van der Waals surface area contributed by atoms with Gasteiger partial charge in [0.1, 0.15) is 5.65 Å². The van der Waals surface area contributed by atoms with E-state index in [0.29, 0.717) is 0 Å². The van der Waals surface area contributed by atoms with E-state index < -0.39 is 0 Å². The summed E-state index contributed by atoms with van der Waals surface area (Å²) in [5, 5.41) is 2.37. The molecular weight excluding hydrogens is 384 g/mol. The Labute approximate surface area is 159 Å². The second-order valence-electron chi connectivity index (χ2n) is 6.32. The quantitative estimate of drug-likeness (QED) is 0.347. The first-order chi connectivity index (χ1) is 12.8. The second kappa shape index (κ2) is 6.11. The van der Waals surface area contributed by atoms with Gasteiger partial charge in [0.25, 0.3) is 0 Å². The second-order valence-corrected chi connectivity index (χ2v) is 7.18. The molecule has 0 saturated carbocycles. The average molecular weight is 399 g/mol. The Morgan fingerprint density at radius 2 is 1.50 bits per heavy atom. The number of hydrogen-bond acceptors (Lipinski definition) is 1. The van der Waals surface area contributed by atoms with Gasteiger partial charge >= 0.3 is 0 Å². The lowest BCUT2D eigenvalue weighted by molar-refractivity contribution is 1.34. The topological polar surface area (TPSA) is 28.7 Å². The number of benzene rings is 3. The van der Waals surface area contributed by atoms with Crippen LogP contribution in [0.15, 0.2) is 89.4 Å². The number of nitrogens with one attached hydrogen (secondary N) is 1. The third-order valence-electron chi connectivity index (χ3n) is 4.71. The van der Waals surface area contributed by atoms with Crippen LogP contribution in [0.2, 0.25) is 0 Å². The van der Waals surface area contributed by atoms with Gasteiger partial charge in [-0.05, 0) is 41.5 Å².